The molecule has 0 unspecified atom stereocenters. The van der Waals surface area contributed by atoms with Gasteiger partial charge in [0, 0.05) is 0 Å². The highest BCUT2D eigenvalue weighted by molar-refractivity contribution is 6.42. The van der Waals surface area contributed by atoms with Gasteiger partial charge in [-0.3, -0.25) is 4.79 Å². The molecule has 0 aromatic heterocycles. The topological polar surface area (TPSA) is 86.2 Å². The summed E-state index contributed by atoms with van der Waals surface area (Å²) in [5.74, 6) is 0.0719. The summed E-state index contributed by atoms with van der Waals surface area (Å²) in [6.07, 6.45) is 1.42. The molecule has 32 heavy (non-hydrogen) atoms. The molecule has 3 aromatic carbocycles. The zero-order valence-electron chi connectivity index (χ0n) is 16.9. The second-order valence-electron chi connectivity index (χ2n) is 6.32. The van der Waals surface area contributed by atoms with Crippen LogP contribution in [0.4, 0.5) is 0 Å². The summed E-state index contributed by atoms with van der Waals surface area (Å²) in [5, 5.41) is 4.47. The van der Waals surface area contributed by atoms with Gasteiger partial charge in [0.2, 0.25) is 0 Å². The Morgan fingerprint density at radius 2 is 1.75 bits per heavy atom. The second kappa shape index (κ2) is 11.2. The summed E-state index contributed by atoms with van der Waals surface area (Å²) in [5.41, 5.74) is 3.23. The molecule has 0 radical (unpaired) electrons. The third-order valence-electron chi connectivity index (χ3n) is 4.06. The number of hydrazone groups is 1. The van der Waals surface area contributed by atoms with Gasteiger partial charge in [0.1, 0.15) is 5.75 Å². The highest BCUT2D eigenvalue weighted by Gasteiger charge is 2.14. The van der Waals surface area contributed by atoms with Crippen LogP contribution >= 0.6 is 23.2 Å². The zero-order chi connectivity index (χ0) is 22.9. The van der Waals surface area contributed by atoms with Gasteiger partial charge < -0.3 is 14.2 Å². The quantitative estimate of drug-likeness (QED) is 0.221. The van der Waals surface area contributed by atoms with Crippen molar-refractivity contribution in [1.29, 1.82) is 0 Å². The van der Waals surface area contributed by atoms with Gasteiger partial charge in [-0.15, -0.1) is 0 Å². The van der Waals surface area contributed by atoms with E-state index in [9.17, 15) is 9.59 Å². The molecule has 0 spiro atoms. The molecule has 3 aromatic rings. The van der Waals surface area contributed by atoms with Gasteiger partial charge in [0.25, 0.3) is 5.91 Å². The molecule has 0 atom stereocenters. The van der Waals surface area contributed by atoms with E-state index >= 15 is 0 Å². The van der Waals surface area contributed by atoms with Crippen LogP contribution in [0.2, 0.25) is 10.0 Å². The zero-order valence-corrected chi connectivity index (χ0v) is 18.4. The van der Waals surface area contributed by atoms with Crippen LogP contribution < -0.4 is 19.6 Å². The molecular formula is C23H18Cl2N2O5. The van der Waals surface area contributed by atoms with Crippen LogP contribution in [-0.4, -0.2) is 31.8 Å². The summed E-state index contributed by atoms with van der Waals surface area (Å²) < 4.78 is 16.0. The number of amides is 1. The maximum atomic E-state index is 12.4. The predicted molar refractivity (Wildman–Crippen MR) is 122 cm³/mol. The minimum Gasteiger partial charge on any atom is -0.493 e. The van der Waals surface area contributed by atoms with Gasteiger partial charge in [-0.1, -0.05) is 41.4 Å². The van der Waals surface area contributed by atoms with E-state index in [4.69, 9.17) is 37.4 Å². The predicted octanol–water partition coefficient (Wildman–Crippen LogP) is 4.75. The highest BCUT2D eigenvalue weighted by Crippen LogP contribution is 2.29. The molecule has 0 heterocycles. The van der Waals surface area contributed by atoms with Gasteiger partial charge in [-0.2, -0.15) is 5.10 Å². The van der Waals surface area contributed by atoms with Crippen molar-refractivity contribution in [3.05, 3.63) is 87.9 Å². The number of nitrogens with one attached hydrogen (secondary N) is 1. The van der Waals surface area contributed by atoms with Crippen LogP contribution in [0.5, 0.6) is 17.2 Å². The molecular weight excluding hydrogens is 455 g/mol. The van der Waals surface area contributed by atoms with E-state index in [0.29, 0.717) is 22.1 Å². The van der Waals surface area contributed by atoms with Gasteiger partial charge in [-0.25, -0.2) is 10.2 Å². The molecule has 7 nitrogen and oxygen atoms in total. The number of carbonyl (C=O) groups is 2. The number of esters is 1. The Morgan fingerprint density at radius 3 is 2.47 bits per heavy atom. The number of benzene rings is 3. The van der Waals surface area contributed by atoms with Crippen LogP contribution in [-0.2, 0) is 4.79 Å². The van der Waals surface area contributed by atoms with Crippen molar-refractivity contribution in [2.45, 2.75) is 0 Å². The first-order valence-corrected chi connectivity index (χ1v) is 10.1. The Morgan fingerprint density at radius 1 is 0.969 bits per heavy atom. The summed E-state index contributed by atoms with van der Waals surface area (Å²) in [4.78, 5) is 24.2. The molecule has 0 aliphatic carbocycles. The van der Waals surface area contributed by atoms with E-state index in [0.717, 1.165) is 0 Å². The number of para-hydroxylation sites is 1. The first-order valence-electron chi connectivity index (χ1n) is 9.31. The minimum absolute atomic E-state index is 0.172. The third-order valence-corrected chi connectivity index (χ3v) is 4.80. The lowest BCUT2D eigenvalue weighted by Crippen LogP contribution is -2.24. The number of methoxy groups -OCH3 is 1. The minimum atomic E-state index is -0.617. The number of hydrogen-bond donors (Lipinski definition) is 1. The Balaban J connectivity index is 1.58. The molecule has 0 fully saturated rings. The lowest BCUT2D eigenvalue weighted by Gasteiger charge is -2.10. The Labute approximate surface area is 194 Å². The average molecular weight is 473 g/mol. The molecule has 1 N–H and O–H groups in total. The van der Waals surface area contributed by atoms with Crippen LogP contribution in [0.25, 0.3) is 0 Å². The number of hydrogen-bond acceptors (Lipinski definition) is 6. The van der Waals surface area contributed by atoms with E-state index in [1.165, 1.54) is 31.5 Å². The van der Waals surface area contributed by atoms with E-state index < -0.39 is 11.9 Å². The Kier molecular flexibility index (Phi) is 8.08. The number of nitrogens with zero attached hydrogens (tertiary/aromatic N) is 1. The summed E-state index contributed by atoms with van der Waals surface area (Å²) in [6, 6.07) is 18.2. The second-order valence-corrected chi connectivity index (χ2v) is 7.14. The van der Waals surface area contributed by atoms with Crippen LogP contribution in [0.15, 0.2) is 71.8 Å². The number of halogens is 2. The number of ether oxygens (including phenoxy) is 3. The van der Waals surface area contributed by atoms with E-state index in [2.05, 4.69) is 10.5 Å². The maximum Gasteiger partial charge on any atom is 0.343 e. The molecule has 0 bridgehead atoms. The lowest BCUT2D eigenvalue weighted by molar-refractivity contribution is -0.123. The lowest BCUT2D eigenvalue weighted by atomic mass is 10.2. The Bertz CT molecular complexity index is 1140. The molecule has 0 aliphatic heterocycles. The van der Waals surface area contributed by atoms with Gasteiger partial charge >= 0.3 is 5.97 Å². The maximum absolute atomic E-state index is 12.4. The highest BCUT2D eigenvalue weighted by atomic mass is 35.5. The fourth-order valence-corrected chi connectivity index (χ4v) is 2.81. The van der Waals surface area contributed by atoms with Crippen LogP contribution in [0.3, 0.4) is 0 Å². The van der Waals surface area contributed by atoms with Crippen molar-refractivity contribution < 1.29 is 23.8 Å². The summed E-state index contributed by atoms with van der Waals surface area (Å²) in [6.45, 7) is -0.172. The Hall–Kier alpha value is -3.55. The van der Waals surface area contributed by atoms with E-state index in [1.807, 2.05) is 18.2 Å². The molecule has 1 amide bonds. The molecule has 9 heteroatoms. The van der Waals surface area contributed by atoms with Crippen molar-refractivity contribution in [3.63, 3.8) is 0 Å². The van der Waals surface area contributed by atoms with Crippen LogP contribution in [0, 0.1) is 0 Å². The molecule has 3 rings (SSSR count). The van der Waals surface area contributed by atoms with Crippen molar-refractivity contribution in [2.75, 3.05) is 13.7 Å². The first kappa shape index (κ1) is 23.1. The average Bonchev–Trinajstić information content (AvgIpc) is 2.81. The molecule has 0 saturated heterocycles. The van der Waals surface area contributed by atoms with Crippen molar-refractivity contribution in [1.82, 2.24) is 5.43 Å². The van der Waals surface area contributed by atoms with E-state index in [1.54, 1.807) is 30.3 Å². The van der Waals surface area contributed by atoms with Crippen molar-refractivity contribution in [3.8, 4) is 17.2 Å². The van der Waals surface area contributed by atoms with Crippen molar-refractivity contribution >= 4 is 41.3 Å². The third kappa shape index (κ3) is 6.47. The smallest absolute Gasteiger partial charge is 0.343 e. The largest absolute Gasteiger partial charge is 0.493 e. The number of rotatable bonds is 8. The number of carbonyl (C=O) groups excluding carboxylic acids is 2. The summed E-state index contributed by atoms with van der Waals surface area (Å²) >= 11 is 11.8. The molecule has 164 valence electrons. The standard InChI is InChI=1S/C23H18Cl2N2O5/c1-30-21-11-15(13-26-27-22(28)14-31-17-5-3-2-4-6-17)7-10-20(21)32-23(29)16-8-9-18(24)19(25)12-16/h2-13H,14H2,1H3,(H,27,28)/b26-13-. The van der Waals surface area contributed by atoms with Gasteiger partial charge in [0.15, 0.2) is 18.1 Å². The first-order chi connectivity index (χ1) is 15.5. The van der Waals surface area contributed by atoms with Gasteiger partial charge in [0.05, 0.1) is 28.9 Å². The normalized spacial score (nSPS) is 10.6. The fourth-order valence-electron chi connectivity index (χ4n) is 2.51. The monoisotopic (exact) mass is 472 g/mol. The molecule has 0 aliphatic rings. The fraction of sp³-hybridized carbons (Fsp3) is 0.0870. The molecule has 0 saturated carbocycles. The SMILES string of the molecule is COc1cc(/C=N\NC(=O)COc2ccccc2)ccc1OC(=O)c1ccc(Cl)c(Cl)c1. The van der Waals surface area contributed by atoms with Crippen molar-refractivity contribution in [2.24, 2.45) is 5.10 Å². The van der Waals surface area contributed by atoms with Gasteiger partial charge in [-0.05, 0) is 54.1 Å². The van der Waals surface area contributed by atoms with E-state index in [-0.39, 0.29) is 22.9 Å². The van der Waals surface area contributed by atoms with Crippen LogP contribution in [0.1, 0.15) is 15.9 Å². The summed E-state index contributed by atoms with van der Waals surface area (Å²) in [7, 11) is 1.44.